The summed E-state index contributed by atoms with van der Waals surface area (Å²) in [4.78, 5) is 24.4. The first kappa shape index (κ1) is 14.1. The van der Waals surface area contributed by atoms with Gasteiger partial charge in [0.25, 0.3) is 5.91 Å². The third-order valence-corrected chi connectivity index (χ3v) is 3.44. The van der Waals surface area contributed by atoms with Gasteiger partial charge < -0.3 is 4.74 Å². The van der Waals surface area contributed by atoms with Gasteiger partial charge in [-0.2, -0.15) is 0 Å². The number of hydrogen-bond acceptors (Lipinski definition) is 3. The Hall–Kier alpha value is -2.88. The molecule has 0 aliphatic carbocycles. The molecule has 110 valence electrons. The molecular weight excluding hydrogens is 278 g/mol. The predicted molar refractivity (Wildman–Crippen MR) is 84.1 cm³/mol. The highest BCUT2D eigenvalue weighted by Crippen LogP contribution is 2.19. The second-order valence-electron chi connectivity index (χ2n) is 4.85. The molecule has 0 fully saturated rings. The van der Waals surface area contributed by atoms with E-state index in [1.54, 1.807) is 42.0 Å². The summed E-state index contributed by atoms with van der Waals surface area (Å²) in [5, 5.41) is 0.900. The second kappa shape index (κ2) is 5.85. The zero-order chi connectivity index (χ0) is 15.5. The van der Waals surface area contributed by atoms with E-state index in [-0.39, 0.29) is 11.9 Å². The lowest BCUT2D eigenvalue weighted by Crippen LogP contribution is -2.11. The molecule has 0 bridgehead atoms. The van der Waals surface area contributed by atoms with E-state index >= 15 is 0 Å². The van der Waals surface area contributed by atoms with Crippen molar-refractivity contribution < 1.29 is 14.3 Å². The SMILES string of the molecule is CCOC(=O)c1ccc2ccn(C(=O)c3ccccc3)c2c1. The standard InChI is InChI=1S/C18H15NO3/c1-2-22-18(21)15-9-8-13-10-11-19(16(13)12-15)17(20)14-6-4-3-5-7-14/h3-12H,2H2,1H3. The summed E-state index contributed by atoms with van der Waals surface area (Å²) in [6.45, 7) is 2.08. The molecule has 1 heterocycles. The highest BCUT2D eigenvalue weighted by Gasteiger charge is 2.13. The van der Waals surface area contributed by atoms with Crippen molar-refractivity contribution in [1.29, 1.82) is 0 Å². The maximum absolute atomic E-state index is 12.6. The number of fused-ring (bicyclic) bond motifs is 1. The first-order valence-corrected chi connectivity index (χ1v) is 7.08. The normalized spacial score (nSPS) is 10.6. The summed E-state index contributed by atoms with van der Waals surface area (Å²) in [5.74, 6) is -0.513. The number of nitrogens with zero attached hydrogens (tertiary/aromatic N) is 1. The quantitative estimate of drug-likeness (QED) is 0.694. The van der Waals surface area contributed by atoms with Crippen LogP contribution in [0.3, 0.4) is 0 Å². The van der Waals surface area contributed by atoms with Crippen LogP contribution in [-0.4, -0.2) is 23.1 Å². The van der Waals surface area contributed by atoms with Gasteiger partial charge in [0.2, 0.25) is 0 Å². The summed E-state index contributed by atoms with van der Waals surface area (Å²) < 4.78 is 6.55. The topological polar surface area (TPSA) is 48.3 Å². The molecule has 0 unspecified atom stereocenters. The van der Waals surface area contributed by atoms with Crippen LogP contribution in [0.25, 0.3) is 10.9 Å². The van der Waals surface area contributed by atoms with Gasteiger partial charge in [-0.05, 0) is 37.3 Å². The van der Waals surface area contributed by atoms with Gasteiger partial charge in [-0.25, -0.2) is 4.79 Å². The number of hydrogen-bond donors (Lipinski definition) is 0. The van der Waals surface area contributed by atoms with Crippen molar-refractivity contribution in [2.45, 2.75) is 6.92 Å². The number of benzene rings is 2. The van der Waals surface area contributed by atoms with E-state index in [0.29, 0.717) is 23.3 Å². The summed E-state index contributed by atoms with van der Waals surface area (Å²) in [5.41, 5.74) is 1.73. The molecule has 3 rings (SSSR count). The maximum atomic E-state index is 12.6. The Kier molecular flexibility index (Phi) is 3.74. The van der Waals surface area contributed by atoms with E-state index in [2.05, 4.69) is 0 Å². The molecule has 0 aliphatic rings. The molecular formula is C18H15NO3. The van der Waals surface area contributed by atoms with E-state index in [9.17, 15) is 9.59 Å². The molecule has 4 nitrogen and oxygen atoms in total. The van der Waals surface area contributed by atoms with Crippen LogP contribution < -0.4 is 0 Å². The smallest absolute Gasteiger partial charge is 0.338 e. The number of rotatable bonds is 3. The van der Waals surface area contributed by atoms with Crippen molar-refractivity contribution in [2.24, 2.45) is 0 Å². The fourth-order valence-electron chi connectivity index (χ4n) is 2.37. The molecule has 1 aromatic heterocycles. The first-order chi connectivity index (χ1) is 10.7. The van der Waals surface area contributed by atoms with E-state index in [1.807, 2.05) is 30.3 Å². The van der Waals surface area contributed by atoms with Crippen molar-refractivity contribution in [3.05, 3.63) is 71.9 Å². The van der Waals surface area contributed by atoms with Gasteiger partial charge in [-0.15, -0.1) is 0 Å². The largest absolute Gasteiger partial charge is 0.462 e. The zero-order valence-electron chi connectivity index (χ0n) is 12.2. The average molecular weight is 293 g/mol. The average Bonchev–Trinajstić information content (AvgIpc) is 2.98. The van der Waals surface area contributed by atoms with Gasteiger partial charge in [0.1, 0.15) is 0 Å². The lowest BCUT2D eigenvalue weighted by molar-refractivity contribution is 0.0526. The Bertz CT molecular complexity index is 834. The van der Waals surface area contributed by atoms with Crippen LogP contribution in [0.15, 0.2) is 60.8 Å². The van der Waals surface area contributed by atoms with Crippen molar-refractivity contribution in [3.8, 4) is 0 Å². The van der Waals surface area contributed by atoms with Crippen molar-refractivity contribution >= 4 is 22.8 Å². The predicted octanol–water partition coefficient (Wildman–Crippen LogP) is 3.51. The fourth-order valence-corrected chi connectivity index (χ4v) is 2.37. The van der Waals surface area contributed by atoms with Crippen LogP contribution in [-0.2, 0) is 4.74 Å². The minimum Gasteiger partial charge on any atom is -0.462 e. The zero-order valence-corrected chi connectivity index (χ0v) is 12.2. The third kappa shape index (κ3) is 2.51. The van der Waals surface area contributed by atoms with E-state index < -0.39 is 0 Å². The lowest BCUT2D eigenvalue weighted by Gasteiger charge is -2.06. The molecule has 0 saturated carbocycles. The van der Waals surface area contributed by atoms with E-state index in [1.165, 1.54) is 0 Å². The molecule has 2 aromatic carbocycles. The van der Waals surface area contributed by atoms with Crippen molar-refractivity contribution in [2.75, 3.05) is 6.61 Å². The van der Waals surface area contributed by atoms with Gasteiger partial charge in [0.15, 0.2) is 0 Å². The highest BCUT2D eigenvalue weighted by atomic mass is 16.5. The number of carbonyl (C=O) groups is 2. The molecule has 0 saturated heterocycles. The monoisotopic (exact) mass is 293 g/mol. The number of ether oxygens (including phenoxy) is 1. The Morgan fingerprint density at radius 1 is 1.00 bits per heavy atom. The van der Waals surface area contributed by atoms with Gasteiger partial charge in [0.05, 0.1) is 17.7 Å². The Balaban J connectivity index is 2.05. The Labute approximate surface area is 127 Å². The number of aromatic nitrogens is 1. The molecule has 0 radical (unpaired) electrons. The number of esters is 1. The second-order valence-corrected chi connectivity index (χ2v) is 4.85. The van der Waals surface area contributed by atoms with Crippen LogP contribution in [0.4, 0.5) is 0 Å². The lowest BCUT2D eigenvalue weighted by atomic mass is 10.1. The fraction of sp³-hybridized carbons (Fsp3) is 0.111. The molecule has 22 heavy (non-hydrogen) atoms. The molecule has 0 aliphatic heterocycles. The first-order valence-electron chi connectivity index (χ1n) is 7.08. The van der Waals surface area contributed by atoms with E-state index in [0.717, 1.165) is 5.39 Å². The molecule has 3 aromatic rings. The highest BCUT2D eigenvalue weighted by molar-refractivity contribution is 6.03. The van der Waals surface area contributed by atoms with E-state index in [4.69, 9.17) is 4.74 Å². The third-order valence-electron chi connectivity index (χ3n) is 3.44. The summed E-state index contributed by atoms with van der Waals surface area (Å²) in [6.07, 6.45) is 1.72. The van der Waals surface area contributed by atoms with Crippen LogP contribution in [0.2, 0.25) is 0 Å². The number of carbonyl (C=O) groups excluding carboxylic acids is 2. The van der Waals surface area contributed by atoms with Crippen LogP contribution >= 0.6 is 0 Å². The summed E-state index contributed by atoms with van der Waals surface area (Å²) in [7, 11) is 0. The maximum Gasteiger partial charge on any atom is 0.338 e. The van der Waals surface area contributed by atoms with Crippen molar-refractivity contribution in [1.82, 2.24) is 4.57 Å². The molecule has 4 heteroatoms. The molecule has 0 atom stereocenters. The van der Waals surface area contributed by atoms with Gasteiger partial charge >= 0.3 is 5.97 Å². The van der Waals surface area contributed by atoms with Gasteiger partial charge in [-0.3, -0.25) is 9.36 Å². The molecule has 0 amide bonds. The van der Waals surface area contributed by atoms with Crippen LogP contribution in [0.5, 0.6) is 0 Å². The Morgan fingerprint density at radius 2 is 1.77 bits per heavy atom. The Morgan fingerprint density at radius 3 is 2.50 bits per heavy atom. The summed E-state index contributed by atoms with van der Waals surface area (Å²) in [6, 6.07) is 16.1. The molecule has 0 spiro atoms. The van der Waals surface area contributed by atoms with Gasteiger partial charge in [-0.1, -0.05) is 24.3 Å². The van der Waals surface area contributed by atoms with Crippen LogP contribution in [0.1, 0.15) is 27.6 Å². The minimum atomic E-state index is -0.385. The minimum absolute atomic E-state index is 0.128. The van der Waals surface area contributed by atoms with Crippen LogP contribution in [0, 0.1) is 0 Å². The molecule has 0 N–H and O–H groups in total. The summed E-state index contributed by atoms with van der Waals surface area (Å²) >= 11 is 0. The van der Waals surface area contributed by atoms with Gasteiger partial charge in [0, 0.05) is 17.1 Å². The van der Waals surface area contributed by atoms with Crippen molar-refractivity contribution in [3.63, 3.8) is 0 Å².